The Morgan fingerprint density at radius 1 is 1.37 bits per heavy atom. The van der Waals surface area contributed by atoms with Gasteiger partial charge in [-0.2, -0.15) is 0 Å². The molecular formula is C15H21BrN2O. The fourth-order valence-electron chi connectivity index (χ4n) is 2.75. The maximum Gasteiger partial charge on any atom is 0.252 e. The number of rotatable bonds is 3. The Bertz CT molecular complexity index is 455. The number of nitrogen functional groups attached to an aromatic ring is 1. The van der Waals surface area contributed by atoms with E-state index in [1.54, 1.807) is 12.1 Å². The molecule has 1 aliphatic carbocycles. The molecule has 0 saturated heterocycles. The average molecular weight is 325 g/mol. The van der Waals surface area contributed by atoms with Crippen LogP contribution in [0.5, 0.6) is 0 Å². The van der Waals surface area contributed by atoms with Crippen LogP contribution in [0.4, 0.5) is 5.69 Å². The molecule has 1 fully saturated rings. The summed E-state index contributed by atoms with van der Waals surface area (Å²) in [4.78, 5) is 12.3. The van der Waals surface area contributed by atoms with Gasteiger partial charge >= 0.3 is 0 Å². The summed E-state index contributed by atoms with van der Waals surface area (Å²) in [5.41, 5.74) is 6.96. The van der Waals surface area contributed by atoms with E-state index in [1.165, 1.54) is 32.1 Å². The summed E-state index contributed by atoms with van der Waals surface area (Å²) >= 11 is 3.40. The molecule has 0 radical (unpaired) electrons. The lowest BCUT2D eigenvalue weighted by atomic mass is 9.84. The van der Waals surface area contributed by atoms with Crippen molar-refractivity contribution in [2.24, 2.45) is 5.92 Å². The zero-order valence-corrected chi connectivity index (χ0v) is 12.9. The largest absolute Gasteiger partial charge is 0.399 e. The Labute approximate surface area is 123 Å². The van der Waals surface area contributed by atoms with Crippen LogP contribution in [0.15, 0.2) is 22.7 Å². The van der Waals surface area contributed by atoms with Crippen molar-refractivity contribution in [3.63, 3.8) is 0 Å². The summed E-state index contributed by atoms with van der Waals surface area (Å²) in [7, 11) is 0. The molecular weight excluding hydrogens is 304 g/mol. The van der Waals surface area contributed by atoms with Gasteiger partial charge in [0, 0.05) is 16.2 Å². The maximum absolute atomic E-state index is 12.3. The van der Waals surface area contributed by atoms with Gasteiger partial charge < -0.3 is 11.1 Å². The van der Waals surface area contributed by atoms with Gasteiger partial charge in [0.1, 0.15) is 0 Å². The fourth-order valence-corrected chi connectivity index (χ4v) is 3.18. The summed E-state index contributed by atoms with van der Waals surface area (Å²) in [5.74, 6) is 0.565. The molecule has 1 saturated carbocycles. The lowest BCUT2D eigenvalue weighted by molar-refractivity contribution is 0.0918. The highest BCUT2D eigenvalue weighted by Crippen LogP contribution is 2.27. The number of hydrogen-bond acceptors (Lipinski definition) is 2. The molecule has 1 aliphatic rings. The highest BCUT2D eigenvalue weighted by molar-refractivity contribution is 9.10. The van der Waals surface area contributed by atoms with E-state index < -0.39 is 0 Å². The van der Waals surface area contributed by atoms with E-state index in [-0.39, 0.29) is 11.9 Å². The molecule has 2 rings (SSSR count). The van der Waals surface area contributed by atoms with Crippen molar-refractivity contribution in [1.29, 1.82) is 0 Å². The van der Waals surface area contributed by atoms with E-state index in [0.29, 0.717) is 17.2 Å². The smallest absolute Gasteiger partial charge is 0.252 e. The average Bonchev–Trinajstić information content (AvgIpc) is 2.42. The predicted molar refractivity (Wildman–Crippen MR) is 82.1 cm³/mol. The summed E-state index contributed by atoms with van der Waals surface area (Å²) < 4.78 is 0.787. The Balaban J connectivity index is 2.01. The highest BCUT2D eigenvalue weighted by atomic mass is 79.9. The Hall–Kier alpha value is -1.03. The first-order valence-electron chi connectivity index (χ1n) is 6.94. The monoisotopic (exact) mass is 324 g/mol. The van der Waals surface area contributed by atoms with Crippen LogP contribution in [0.1, 0.15) is 49.4 Å². The molecule has 4 heteroatoms. The van der Waals surface area contributed by atoms with Crippen molar-refractivity contribution in [1.82, 2.24) is 5.32 Å². The minimum atomic E-state index is -0.0442. The summed E-state index contributed by atoms with van der Waals surface area (Å²) in [6.45, 7) is 2.11. The lowest BCUT2D eigenvalue weighted by Crippen LogP contribution is -2.39. The van der Waals surface area contributed by atoms with Gasteiger partial charge in [-0.15, -0.1) is 0 Å². The first kappa shape index (κ1) is 14.4. The molecule has 1 aromatic carbocycles. The first-order chi connectivity index (χ1) is 9.08. The summed E-state index contributed by atoms with van der Waals surface area (Å²) in [6.07, 6.45) is 6.34. The minimum absolute atomic E-state index is 0.0442. The van der Waals surface area contributed by atoms with Gasteiger partial charge in [-0.05, 0) is 59.8 Å². The van der Waals surface area contributed by atoms with Crippen molar-refractivity contribution in [2.45, 2.75) is 45.1 Å². The van der Waals surface area contributed by atoms with Crippen LogP contribution in [-0.2, 0) is 0 Å². The van der Waals surface area contributed by atoms with Crippen molar-refractivity contribution in [3.05, 3.63) is 28.2 Å². The van der Waals surface area contributed by atoms with E-state index in [0.717, 1.165) is 4.47 Å². The number of hydrogen-bond donors (Lipinski definition) is 2. The van der Waals surface area contributed by atoms with Crippen LogP contribution in [0, 0.1) is 5.92 Å². The fraction of sp³-hybridized carbons (Fsp3) is 0.533. The Morgan fingerprint density at radius 3 is 2.74 bits per heavy atom. The van der Waals surface area contributed by atoms with Crippen LogP contribution >= 0.6 is 15.9 Å². The molecule has 0 heterocycles. The zero-order chi connectivity index (χ0) is 13.8. The molecule has 3 N–H and O–H groups in total. The third-order valence-electron chi connectivity index (χ3n) is 3.95. The van der Waals surface area contributed by atoms with Gasteiger partial charge in [0.05, 0.1) is 5.56 Å². The van der Waals surface area contributed by atoms with E-state index in [4.69, 9.17) is 5.73 Å². The SMILES string of the molecule is C[C@H](NC(=O)c1cc(N)ccc1Br)C1CCCCC1. The number of nitrogens with two attached hydrogens (primary N) is 1. The van der Waals surface area contributed by atoms with Crippen LogP contribution in [0.25, 0.3) is 0 Å². The van der Waals surface area contributed by atoms with Gasteiger partial charge in [0.2, 0.25) is 0 Å². The normalized spacial score (nSPS) is 18.0. The first-order valence-corrected chi connectivity index (χ1v) is 7.73. The third kappa shape index (κ3) is 3.72. The highest BCUT2D eigenvalue weighted by Gasteiger charge is 2.22. The van der Waals surface area contributed by atoms with Gasteiger partial charge in [0.15, 0.2) is 0 Å². The Morgan fingerprint density at radius 2 is 2.05 bits per heavy atom. The molecule has 0 unspecified atom stereocenters. The molecule has 1 aromatic rings. The topological polar surface area (TPSA) is 55.1 Å². The van der Waals surface area contributed by atoms with Crippen molar-refractivity contribution in [3.8, 4) is 0 Å². The second-order valence-corrected chi connectivity index (χ2v) is 6.25. The second kappa shape index (κ2) is 6.42. The molecule has 1 atom stereocenters. The molecule has 104 valence electrons. The number of halogens is 1. The number of carbonyl (C=O) groups is 1. The standard InChI is InChI=1S/C15H21BrN2O/c1-10(11-5-3-2-4-6-11)18-15(19)13-9-12(17)7-8-14(13)16/h7-11H,2-6,17H2,1H3,(H,18,19)/t10-/m0/s1. The Kier molecular flexibility index (Phi) is 4.86. The number of anilines is 1. The lowest BCUT2D eigenvalue weighted by Gasteiger charge is -2.28. The van der Waals surface area contributed by atoms with Crippen molar-refractivity contribution in [2.75, 3.05) is 5.73 Å². The van der Waals surface area contributed by atoms with Crippen LogP contribution < -0.4 is 11.1 Å². The van der Waals surface area contributed by atoms with E-state index in [9.17, 15) is 4.79 Å². The second-order valence-electron chi connectivity index (χ2n) is 5.40. The van der Waals surface area contributed by atoms with Crippen LogP contribution in [0.3, 0.4) is 0 Å². The van der Waals surface area contributed by atoms with Gasteiger partial charge in [-0.25, -0.2) is 0 Å². The van der Waals surface area contributed by atoms with Gasteiger partial charge in [-0.3, -0.25) is 4.79 Å². The quantitative estimate of drug-likeness (QED) is 0.832. The summed E-state index contributed by atoms with van der Waals surface area (Å²) in [6, 6.07) is 5.54. The minimum Gasteiger partial charge on any atom is -0.399 e. The predicted octanol–water partition coefficient (Wildman–Crippen LogP) is 3.73. The molecule has 0 spiro atoms. The molecule has 0 aliphatic heterocycles. The zero-order valence-electron chi connectivity index (χ0n) is 11.3. The van der Waals surface area contributed by atoms with Crippen molar-refractivity contribution >= 4 is 27.5 Å². The molecule has 1 amide bonds. The number of carbonyl (C=O) groups excluding carboxylic acids is 1. The van der Waals surface area contributed by atoms with Crippen LogP contribution in [-0.4, -0.2) is 11.9 Å². The van der Waals surface area contributed by atoms with Crippen LogP contribution in [0.2, 0.25) is 0 Å². The van der Waals surface area contributed by atoms with Gasteiger partial charge in [0.25, 0.3) is 5.91 Å². The molecule has 3 nitrogen and oxygen atoms in total. The summed E-state index contributed by atoms with van der Waals surface area (Å²) in [5, 5.41) is 3.11. The number of amides is 1. The molecule has 0 bridgehead atoms. The number of nitrogens with one attached hydrogen (secondary N) is 1. The van der Waals surface area contributed by atoms with E-state index in [2.05, 4.69) is 28.2 Å². The van der Waals surface area contributed by atoms with E-state index in [1.807, 2.05) is 6.07 Å². The van der Waals surface area contributed by atoms with E-state index >= 15 is 0 Å². The number of benzene rings is 1. The van der Waals surface area contributed by atoms with Gasteiger partial charge in [-0.1, -0.05) is 19.3 Å². The van der Waals surface area contributed by atoms with Crippen molar-refractivity contribution < 1.29 is 4.79 Å². The molecule has 0 aromatic heterocycles. The maximum atomic E-state index is 12.3. The molecule has 19 heavy (non-hydrogen) atoms. The third-order valence-corrected chi connectivity index (χ3v) is 4.64.